The Hall–Kier alpha value is -1.81. The summed E-state index contributed by atoms with van der Waals surface area (Å²) in [4.78, 5) is 2.14. The molecule has 2 heterocycles. The Morgan fingerprint density at radius 3 is 3.11 bits per heavy atom. The maximum absolute atomic E-state index is 5.33. The van der Waals surface area contributed by atoms with Crippen LogP contribution in [0.3, 0.4) is 0 Å². The summed E-state index contributed by atoms with van der Waals surface area (Å²) in [6, 6.07) is 8.14. The van der Waals surface area contributed by atoms with Crippen molar-refractivity contribution in [2.24, 2.45) is 0 Å². The van der Waals surface area contributed by atoms with Gasteiger partial charge in [-0.25, -0.2) is 0 Å². The summed E-state index contributed by atoms with van der Waals surface area (Å²) in [5.74, 6) is 0. The number of fused-ring (bicyclic) bond motifs is 1. The van der Waals surface area contributed by atoms with E-state index in [9.17, 15) is 0 Å². The van der Waals surface area contributed by atoms with Crippen molar-refractivity contribution in [3.05, 3.63) is 41.8 Å². The van der Waals surface area contributed by atoms with E-state index in [1.165, 1.54) is 0 Å². The van der Waals surface area contributed by atoms with Crippen LogP contribution < -0.4 is 5.32 Å². The van der Waals surface area contributed by atoms with E-state index >= 15 is 0 Å². The van der Waals surface area contributed by atoms with E-state index in [1.807, 2.05) is 12.1 Å². The molecule has 1 aliphatic rings. The standard InChI is InChI=1S/C14H14N2OS/c1-2-16-9-12(15-14(16)18)8-10-3-4-13-11(7-10)5-6-17-13/h3-8H,2,9H2,1H3,(H,15,18)/b12-8-. The highest BCUT2D eigenvalue weighted by Gasteiger charge is 2.18. The summed E-state index contributed by atoms with van der Waals surface area (Å²) >= 11 is 5.26. The fraction of sp³-hybridized carbons (Fsp3) is 0.214. The molecular formula is C14H14N2OS. The molecule has 1 fully saturated rings. The average molecular weight is 258 g/mol. The van der Waals surface area contributed by atoms with Gasteiger partial charge in [0.15, 0.2) is 5.11 Å². The van der Waals surface area contributed by atoms with E-state index in [4.69, 9.17) is 16.6 Å². The third-order valence-corrected chi connectivity index (χ3v) is 3.48. The smallest absolute Gasteiger partial charge is 0.173 e. The fourth-order valence-corrected chi connectivity index (χ4v) is 2.47. The largest absolute Gasteiger partial charge is 0.464 e. The van der Waals surface area contributed by atoms with E-state index in [0.29, 0.717) is 0 Å². The number of furan rings is 1. The van der Waals surface area contributed by atoms with Gasteiger partial charge in [-0.2, -0.15) is 0 Å². The summed E-state index contributed by atoms with van der Waals surface area (Å²) in [5, 5.41) is 5.18. The van der Waals surface area contributed by atoms with Crippen LogP contribution in [0.25, 0.3) is 17.0 Å². The highest BCUT2D eigenvalue weighted by molar-refractivity contribution is 7.80. The Labute approximate surface area is 111 Å². The third-order valence-electron chi connectivity index (χ3n) is 3.11. The molecule has 0 atom stereocenters. The zero-order chi connectivity index (χ0) is 12.5. The highest BCUT2D eigenvalue weighted by Crippen LogP contribution is 2.19. The lowest BCUT2D eigenvalue weighted by atomic mass is 10.1. The van der Waals surface area contributed by atoms with E-state index in [1.54, 1.807) is 6.26 Å². The molecule has 0 spiro atoms. The normalized spacial score (nSPS) is 17.7. The van der Waals surface area contributed by atoms with E-state index in [2.05, 4.69) is 35.3 Å². The number of rotatable bonds is 2. The van der Waals surface area contributed by atoms with Crippen LogP contribution in [-0.2, 0) is 0 Å². The molecule has 1 aromatic carbocycles. The summed E-state index contributed by atoms with van der Waals surface area (Å²) in [7, 11) is 0. The molecule has 0 bridgehead atoms. The first-order valence-electron chi connectivity index (χ1n) is 6.00. The number of thiocarbonyl (C=S) groups is 1. The summed E-state index contributed by atoms with van der Waals surface area (Å²) in [5.41, 5.74) is 3.22. The van der Waals surface area contributed by atoms with Crippen LogP contribution in [0.1, 0.15) is 12.5 Å². The van der Waals surface area contributed by atoms with Gasteiger partial charge in [0.1, 0.15) is 5.58 Å². The maximum Gasteiger partial charge on any atom is 0.173 e. The first-order chi connectivity index (χ1) is 8.76. The number of benzene rings is 1. The predicted octanol–water partition coefficient (Wildman–Crippen LogP) is 2.98. The molecule has 0 radical (unpaired) electrons. The van der Waals surface area contributed by atoms with Gasteiger partial charge in [0.2, 0.25) is 0 Å². The Bertz CT molecular complexity index is 630. The molecule has 4 heteroatoms. The van der Waals surface area contributed by atoms with Gasteiger partial charge in [0.05, 0.1) is 12.8 Å². The minimum Gasteiger partial charge on any atom is -0.464 e. The Morgan fingerprint density at radius 1 is 1.44 bits per heavy atom. The monoisotopic (exact) mass is 258 g/mol. The zero-order valence-electron chi connectivity index (χ0n) is 10.1. The first kappa shape index (κ1) is 11.3. The van der Waals surface area contributed by atoms with E-state index < -0.39 is 0 Å². The van der Waals surface area contributed by atoms with Crippen LogP contribution in [0.2, 0.25) is 0 Å². The van der Waals surface area contributed by atoms with Crippen LogP contribution in [0, 0.1) is 0 Å². The van der Waals surface area contributed by atoms with Gasteiger partial charge in [-0.05, 0) is 49.0 Å². The van der Waals surface area contributed by atoms with Gasteiger partial charge in [-0.1, -0.05) is 6.07 Å². The van der Waals surface area contributed by atoms with Crippen LogP contribution >= 0.6 is 12.2 Å². The molecule has 0 amide bonds. The summed E-state index contributed by atoms with van der Waals surface area (Å²) < 4.78 is 5.33. The Morgan fingerprint density at radius 2 is 2.33 bits per heavy atom. The lowest BCUT2D eigenvalue weighted by molar-refractivity contribution is 0.510. The van der Waals surface area contributed by atoms with Crippen molar-refractivity contribution >= 4 is 34.4 Å². The molecule has 92 valence electrons. The third kappa shape index (κ3) is 1.99. The van der Waals surface area contributed by atoms with Gasteiger partial charge in [0, 0.05) is 17.6 Å². The molecule has 0 saturated carbocycles. The van der Waals surface area contributed by atoms with Gasteiger partial charge in [0.25, 0.3) is 0 Å². The average Bonchev–Trinajstić information content (AvgIpc) is 2.95. The van der Waals surface area contributed by atoms with Crippen LogP contribution in [0.5, 0.6) is 0 Å². The molecule has 3 rings (SSSR count). The van der Waals surface area contributed by atoms with E-state index in [-0.39, 0.29) is 0 Å². The van der Waals surface area contributed by atoms with Crippen molar-refractivity contribution in [1.29, 1.82) is 0 Å². The topological polar surface area (TPSA) is 28.4 Å². The van der Waals surface area contributed by atoms with E-state index in [0.717, 1.165) is 40.4 Å². The molecule has 1 saturated heterocycles. The minimum absolute atomic E-state index is 0.813. The van der Waals surface area contributed by atoms with Crippen molar-refractivity contribution in [1.82, 2.24) is 10.2 Å². The van der Waals surface area contributed by atoms with Crippen LogP contribution in [0.4, 0.5) is 0 Å². The van der Waals surface area contributed by atoms with Crippen molar-refractivity contribution in [2.75, 3.05) is 13.1 Å². The van der Waals surface area contributed by atoms with Crippen molar-refractivity contribution < 1.29 is 4.42 Å². The molecule has 1 N–H and O–H groups in total. The molecule has 3 nitrogen and oxygen atoms in total. The second-order valence-electron chi connectivity index (χ2n) is 4.33. The number of nitrogens with one attached hydrogen (secondary N) is 1. The quantitative estimate of drug-likeness (QED) is 0.838. The molecular weight excluding hydrogens is 244 g/mol. The lowest BCUT2D eigenvalue weighted by Gasteiger charge is -2.11. The Balaban J connectivity index is 1.89. The minimum atomic E-state index is 0.813. The van der Waals surface area contributed by atoms with Gasteiger partial charge < -0.3 is 14.6 Å². The van der Waals surface area contributed by atoms with Gasteiger partial charge in [-0.15, -0.1) is 0 Å². The number of nitrogens with zero attached hydrogens (tertiary/aromatic N) is 1. The highest BCUT2D eigenvalue weighted by atomic mass is 32.1. The summed E-state index contributed by atoms with van der Waals surface area (Å²) in [6.45, 7) is 3.90. The number of likely N-dealkylation sites (N-methyl/N-ethyl adjacent to an activating group) is 1. The molecule has 0 unspecified atom stereocenters. The maximum atomic E-state index is 5.33. The second kappa shape index (κ2) is 4.46. The first-order valence-corrected chi connectivity index (χ1v) is 6.41. The summed E-state index contributed by atoms with van der Waals surface area (Å²) in [6.07, 6.45) is 3.84. The fourth-order valence-electron chi connectivity index (χ4n) is 2.15. The predicted molar refractivity (Wildman–Crippen MR) is 77.2 cm³/mol. The van der Waals surface area contributed by atoms with Crippen molar-refractivity contribution in [3.63, 3.8) is 0 Å². The molecule has 18 heavy (non-hydrogen) atoms. The molecule has 0 aliphatic carbocycles. The molecule has 2 aromatic rings. The lowest BCUT2D eigenvalue weighted by Crippen LogP contribution is -2.27. The van der Waals surface area contributed by atoms with Crippen LogP contribution in [0.15, 0.2) is 40.6 Å². The van der Waals surface area contributed by atoms with Crippen molar-refractivity contribution in [3.8, 4) is 0 Å². The number of hydrogen-bond acceptors (Lipinski definition) is 2. The molecule has 1 aliphatic heterocycles. The second-order valence-corrected chi connectivity index (χ2v) is 4.72. The van der Waals surface area contributed by atoms with Crippen LogP contribution in [-0.4, -0.2) is 23.1 Å². The Kier molecular flexibility index (Phi) is 2.80. The van der Waals surface area contributed by atoms with Crippen molar-refractivity contribution in [2.45, 2.75) is 6.92 Å². The molecule has 1 aromatic heterocycles. The number of hydrogen-bond donors (Lipinski definition) is 1. The van der Waals surface area contributed by atoms with Gasteiger partial charge >= 0.3 is 0 Å². The SMILES string of the molecule is CCN1C/C(=C/c2ccc3occc3c2)NC1=S. The zero-order valence-corrected chi connectivity index (χ0v) is 11.0. The van der Waals surface area contributed by atoms with Gasteiger partial charge in [-0.3, -0.25) is 0 Å².